The van der Waals surface area contributed by atoms with Crippen molar-refractivity contribution in [2.45, 2.75) is 84.0 Å². The summed E-state index contributed by atoms with van der Waals surface area (Å²) in [4.78, 5) is 19.1. The van der Waals surface area contributed by atoms with E-state index in [1.165, 1.54) is 18.3 Å². The van der Waals surface area contributed by atoms with Crippen molar-refractivity contribution in [1.82, 2.24) is 15.2 Å². The Bertz CT molecular complexity index is 1020. The van der Waals surface area contributed by atoms with Gasteiger partial charge in [0.25, 0.3) is 5.91 Å². The maximum atomic E-state index is 15.1. The van der Waals surface area contributed by atoms with Crippen LogP contribution in [-0.2, 0) is 6.54 Å². The van der Waals surface area contributed by atoms with Crippen molar-refractivity contribution >= 4 is 11.7 Å². The molecule has 1 amide bonds. The number of benzene rings is 1. The molecule has 2 atom stereocenters. The van der Waals surface area contributed by atoms with Gasteiger partial charge in [-0.05, 0) is 65.5 Å². The van der Waals surface area contributed by atoms with Crippen molar-refractivity contribution in [2.24, 2.45) is 0 Å². The molecule has 186 valence electrons. The van der Waals surface area contributed by atoms with Gasteiger partial charge in [0.2, 0.25) is 0 Å². The Morgan fingerprint density at radius 3 is 2.71 bits per heavy atom. The molecular formula is C26H36F2N4O2. The fraction of sp³-hybridized carbons (Fsp3) is 0.538. The summed E-state index contributed by atoms with van der Waals surface area (Å²) in [6, 6.07) is 4.75. The predicted molar refractivity (Wildman–Crippen MR) is 130 cm³/mol. The Morgan fingerprint density at radius 2 is 2.09 bits per heavy atom. The molecule has 1 aliphatic rings. The number of rotatable bonds is 9. The van der Waals surface area contributed by atoms with Gasteiger partial charge in [-0.2, -0.15) is 0 Å². The lowest BCUT2D eigenvalue weighted by molar-refractivity contribution is 0.0638. The number of nitrogens with zero attached hydrogens (tertiary/aromatic N) is 2. The molecule has 34 heavy (non-hydrogen) atoms. The van der Waals surface area contributed by atoms with Crippen LogP contribution >= 0.6 is 0 Å². The summed E-state index contributed by atoms with van der Waals surface area (Å²) < 4.78 is 30.0. The number of aliphatic hydroxyl groups is 1. The number of pyridine rings is 1. The van der Waals surface area contributed by atoms with E-state index < -0.39 is 23.1 Å². The Labute approximate surface area is 200 Å². The molecule has 1 aromatic carbocycles. The first-order valence-electron chi connectivity index (χ1n) is 12.0. The minimum Gasteiger partial charge on any atom is -0.390 e. The molecule has 0 spiro atoms. The van der Waals surface area contributed by atoms with Crippen molar-refractivity contribution in [3.8, 4) is 11.1 Å². The van der Waals surface area contributed by atoms with Crippen molar-refractivity contribution in [3.05, 3.63) is 47.2 Å². The molecule has 3 rings (SSSR count). The van der Waals surface area contributed by atoms with E-state index in [2.05, 4.69) is 22.1 Å². The van der Waals surface area contributed by atoms with Crippen LogP contribution in [0, 0.1) is 11.6 Å². The number of anilines is 1. The number of nitrogens with two attached hydrogens (primary N) is 1. The highest BCUT2D eigenvalue weighted by Gasteiger charge is 2.24. The van der Waals surface area contributed by atoms with Crippen LogP contribution in [0.3, 0.4) is 0 Å². The maximum absolute atomic E-state index is 15.1. The van der Waals surface area contributed by atoms with E-state index in [1.54, 1.807) is 19.9 Å². The lowest BCUT2D eigenvalue weighted by Gasteiger charge is -2.23. The van der Waals surface area contributed by atoms with Crippen LogP contribution in [0.2, 0.25) is 0 Å². The van der Waals surface area contributed by atoms with Gasteiger partial charge in [-0.15, -0.1) is 0 Å². The highest BCUT2D eigenvalue weighted by atomic mass is 19.2. The van der Waals surface area contributed by atoms with Crippen molar-refractivity contribution in [2.75, 3.05) is 12.3 Å². The highest BCUT2D eigenvalue weighted by molar-refractivity contribution is 5.99. The number of hydrogen-bond acceptors (Lipinski definition) is 5. The Balaban J connectivity index is 1.81. The minimum absolute atomic E-state index is 0.0131. The second-order valence-corrected chi connectivity index (χ2v) is 9.95. The van der Waals surface area contributed by atoms with Crippen LogP contribution in [-0.4, -0.2) is 45.1 Å². The quantitative estimate of drug-likeness (QED) is 0.492. The topological polar surface area (TPSA) is 91.5 Å². The zero-order valence-corrected chi connectivity index (χ0v) is 20.5. The highest BCUT2D eigenvalue weighted by Crippen LogP contribution is 2.29. The number of amides is 1. The lowest BCUT2D eigenvalue weighted by atomic mass is 9.97. The zero-order chi connectivity index (χ0) is 25.0. The van der Waals surface area contributed by atoms with Crippen LogP contribution in [0.15, 0.2) is 24.4 Å². The molecule has 0 saturated carbocycles. The van der Waals surface area contributed by atoms with Gasteiger partial charge in [-0.3, -0.25) is 9.69 Å². The smallest absolute Gasteiger partial charge is 0.255 e. The number of aromatic nitrogens is 1. The van der Waals surface area contributed by atoms with E-state index in [4.69, 9.17) is 5.73 Å². The molecule has 1 aromatic heterocycles. The SMILES string of the molecule is CC[C@@H](CCC(C)(C)O)NC(=O)c1cc(-c2ccc(CN3CCC[C@H]3C)c(F)c2F)cnc1N. The predicted octanol–water partition coefficient (Wildman–Crippen LogP) is 4.65. The van der Waals surface area contributed by atoms with Gasteiger partial charge in [0.05, 0.1) is 11.2 Å². The standard InChI is InChI=1S/C26H36F2N4O2/c1-5-19(10-11-26(3,4)34)31-25(33)21-13-18(14-30-24(21)29)20-9-8-17(22(27)23(20)28)15-32-12-6-7-16(32)2/h8-9,13-14,16,19,34H,5-7,10-12,15H2,1-4H3,(H2,29,30)(H,31,33)/t16-,19+/m1/s1. The summed E-state index contributed by atoms with van der Waals surface area (Å²) in [7, 11) is 0. The molecule has 0 aliphatic carbocycles. The summed E-state index contributed by atoms with van der Waals surface area (Å²) in [6.07, 6.45) is 5.24. The molecule has 2 aromatic rings. The number of nitrogen functional groups attached to an aromatic ring is 1. The molecule has 1 fully saturated rings. The number of carbonyl (C=O) groups excluding carboxylic acids is 1. The normalized spacial score (nSPS) is 17.7. The van der Waals surface area contributed by atoms with E-state index >= 15 is 4.39 Å². The first-order chi connectivity index (χ1) is 16.0. The fourth-order valence-corrected chi connectivity index (χ4v) is 4.35. The minimum atomic E-state index is -0.959. The number of nitrogens with one attached hydrogen (secondary N) is 1. The summed E-state index contributed by atoms with van der Waals surface area (Å²) in [5.41, 5.74) is 5.84. The molecule has 8 heteroatoms. The average molecular weight is 475 g/mol. The second kappa shape index (κ2) is 10.8. The van der Waals surface area contributed by atoms with Gasteiger partial charge < -0.3 is 16.2 Å². The van der Waals surface area contributed by atoms with E-state index in [-0.39, 0.29) is 28.6 Å². The third-order valence-corrected chi connectivity index (χ3v) is 6.63. The van der Waals surface area contributed by atoms with Gasteiger partial charge in [-0.25, -0.2) is 13.8 Å². The van der Waals surface area contributed by atoms with Gasteiger partial charge in [0.15, 0.2) is 11.6 Å². The van der Waals surface area contributed by atoms with Gasteiger partial charge >= 0.3 is 0 Å². The molecule has 2 heterocycles. The molecule has 0 radical (unpaired) electrons. The number of hydrogen-bond donors (Lipinski definition) is 3. The molecule has 4 N–H and O–H groups in total. The van der Waals surface area contributed by atoms with Gasteiger partial charge in [0, 0.05) is 41.5 Å². The van der Waals surface area contributed by atoms with E-state index in [0.717, 1.165) is 19.4 Å². The van der Waals surface area contributed by atoms with Crippen molar-refractivity contribution in [1.29, 1.82) is 0 Å². The first-order valence-corrected chi connectivity index (χ1v) is 12.0. The molecule has 0 bridgehead atoms. The van der Waals surface area contributed by atoms with Crippen molar-refractivity contribution in [3.63, 3.8) is 0 Å². The van der Waals surface area contributed by atoms with Crippen LogP contribution < -0.4 is 11.1 Å². The summed E-state index contributed by atoms with van der Waals surface area (Å²) >= 11 is 0. The van der Waals surface area contributed by atoms with Crippen LogP contribution in [0.1, 0.15) is 75.7 Å². The third kappa shape index (κ3) is 6.30. The number of likely N-dealkylation sites (tertiary alicyclic amines) is 1. The Morgan fingerprint density at radius 1 is 1.35 bits per heavy atom. The van der Waals surface area contributed by atoms with Gasteiger partial charge in [0.1, 0.15) is 5.82 Å². The molecule has 0 unspecified atom stereocenters. The Kier molecular flexibility index (Phi) is 8.25. The van der Waals surface area contributed by atoms with E-state index in [9.17, 15) is 14.3 Å². The zero-order valence-electron chi connectivity index (χ0n) is 20.5. The van der Waals surface area contributed by atoms with Gasteiger partial charge in [-0.1, -0.05) is 19.1 Å². The summed E-state index contributed by atoms with van der Waals surface area (Å²) in [5.74, 6) is -2.26. The van der Waals surface area contributed by atoms with Crippen LogP contribution in [0.4, 0.5) is 14.6 Å². The first kappa shape index (κ1) is 26.0. The third-order valence-electron chi connectivity index (χ3n) is 6.63. The molecular weight excluding hydrogens is 438 g/mol. The second-order valence-electron chi connectivity index (χ2n) is 9.95. The summed E-state index contributed by atoms with van der Waals surface area (Å²) in [5, 5.41) is 12.9. The largest absolute Gasteiger partial charge is 0.390 e. The molecule has 6 nitrogen and oxygen atoms in total. The summed E-state index contributed by atoms with van der Waals surface area (Å²) in [6.45, 7) is 8.71. The Hall–Kier alpha value is -2.58. The molecule has 1 saturated heterocycles. The molecule has 1 aliphatic heterocycles. The maximum Gasteiger partial charge on any atom is 0.255 e. The fourth-order valence-electron chi connectivity index (χ4n) is 4.35. The number of carbonyl (C=O) groups is 1. The monoisotopic (exact) mass is 474 g/mol. The van der Waals surface area contributed by atoms with E-state index in [1.807, 2.05) is 6.92 Å². The van der Waals surface area contributed by atoms with Crippen molar-refractivity contribution < 1.29 is 18.7 Å². The van der Waals surface area contributed by atoms with Crippen LogP contribution in [0.5, 0.6) is 0 Å². The average Bonchev–Trinajstić information content (AvgIpc) is 3.18. The van der Waals surface area contributed by atoms with Crippen LogP contribution in [0.25, 0.3) is 11.1 Å². The lowest BCUT2D eigenvalue weighted by Crippen LogP contribution is -2.36. The number of halogens is 2. The van der Waals surface area contributed by atoms with E-state index in [0.29, 0.717) is 37.4 Å².